The van der Waals surface area contributed by atoms with Gasteiger partial charge in [0.25, 0.3) is 0 Å². The highest BCUT2D eigenvalue weighted by Crippen LogP contribution is 2.25. The Bertz CT molecular complexity index is 696. The lowest BCUT2D eigenvalue weighted by atomic mass is 9.97. The molecule has 8 heteroatoms. The number of nitrogens with two attached hydrogens (primary N) is 1. The van der Waals surface area contributed by atoms with Crippen LogP contribution in [0.5, 0.6) is 0 Å². The number of nitrogens with zero attached hydrogens (tertiary/aromatic N) is 3. The molecule has 1 aromatic heterocycles. The van der Waals surface area contributed by atoms with Gasteiger partial charge in [-0.2, -0.15) is 0 Å². The minimum atomic E-state index is -0.222. The number of primary amides is 1. The summed E-state index contributed by atoms with van der Waals surface area (Å²) < 4.78 is 0. The predicted molar refractivity (Wildman–Crippen MR) is 140 cm³/mol. The molecule has 2 heterocycles. The molecule has 1 aromatic rings. The Balaban J connectivity index is 0.00000480. The van der Waals surface area contributed by atoms with E-state index >= 15 is 0 Å². The van der Waals surface area contributed by atoms with E-state index in [2.05, 4.69) is 54.3 Å². The highest BCUT2D eigenvalue weighted by molar-refractivity contribution is 14.0. The van der Waals surface area contributed by atoms with Crippen molar-refractivity contribution in [3.8, 4) is 0 Å². The second-order valence-corrected chi connectivity index (χ2v) is 8.74. The Morgan fingerprint density at radius 1 is 1.35 bits per heavy atom. The Kier molecular flexibility index (Phi) is 12.8. The summed E-state index contributed by atoms with van der Waals surface area (Å²) >= 11 is 0. The average Bonchev–Trinajstić information content (AvgIpc) is 2.72. The molecule has 1 saturated heterocycles. The third-order valence-corrected chi connectivity index (χ3v) is 5.54. The van der Waals surface area contributed by atoms with Crippen molar-refractivity contribution in [3.05, 3.63) is 23.9 Å². The van der Waals surface area contributed by atoms with Crippen LogP contribution in [0.15, 0.2) is 23.3 Å². The maximum Gasteiger partial charge on any atom is 0.222 e. The molecule has 2 unspecified atom stereocenters. The molecule has 1 aliphatic rings. The first-order valence-corrected chi connectivity index (χ1v) is 11.4. The topological polar surface area (TPSA) is 95.6 Å². The number of nitrogens with one attached hydrogen (secondary N) is 2. The normalized spacial score (nSPS) is 17.8. The first kappa shape index (κ1) is 27.5. The second-order valence-electron chi connectivity index (χ2n) is 8.74. The van der Waals surface area contributed by atoms with Crippen molar-refractivity contribution in [1.82, 2.24) is 15.6 Å². The Hall–Kier alpha value is -1.58. The van der Waals surface area contributed by atoms with Crippen molar-refractivity contribution in [2.24, 2.45) is 22.6 Å². The van der Waals surface area contributed by atoms with E-state index in [0.29, 0.717) is 19.1 Å². The summed E-state index contributed by atoms with van der Waals surface area (Å²) in [4.78, 5) is 23.2. The van der Waals surface area contributed by atoms with Gasteiger partial charge in [0, 0.05) is 37.4 Å². The fraction of sp³-hybridized carbons (Fsp3) is 0.696. The van der Waals surface area contributed by atoms with E-state index in [1.807, 2.05) is 6.07 Å². The molecule has 2 rings (SSSR count). The summed E-state index contributed by atoms with van der Waals surface area (Å²) in [7, 11) is 0. The number of hydrogen-bond donors (Lipinski definition) is 3. The van der Waals surface area contributed by atoms with Crippen LogP contribution >= 0.6 is 24.0 Å². The Morgan fingerprint density at radius 3 is 2.81 bits per heavy atom. The van der Waals surface area contributed by atoms with Crippen molar-refractivity contribution < 1.29 is 4.79 Å². The minimum Gasteiger partial charge on any atom is -0.369 e. The SMILES string of the molecule is CCNC(=NCc1cccnc1N1CCCC(C(N)=O)C1)NC(C)CCCC(C)C.I. The van der Waals surface area contributed by atoms with Crippen molar-refractivity contribution in [2.45, 2.75) is 72.4 Å². The molecular weight excluding hydrogens is 503 g/mol. The first-order chi connectivity index (χ1) is 14.4. The quantitative estimate of drug-likeness (QED) is 0.237. The van der Waals surface area contributed by atoms with Gasteiger partial charge in [0.15, 0.2) is 5.96 Å². The van der Waals surface area contributed by atoms with Gasteiger partial charge in [-0.25, -0.2) is 9.98 Å². The molecule has 1 aliphatic heterocycles. The molecule has 1 fully saturated rings. The summed E-state index contributed by atoms with van der Waals surface area (Å²) in [5, 5.41) is 6.87. The number of carbonyl (C=O) groups excluding carboxylic acids is 1. The van der Waals surface area contributed by atoms with Crippen molar-refractivity contribution in [2.75, 3.05) is 24.5 Å². The number of halogens is 1. The predicted octanol–water partition coefficient (Wildman–Crippen LogP) is 3.67. The summed E-state index contributed by atoms with van der Waals surface area (Å²) in [5.41, 5.74) is 6.61. The molecule has 2 atom stereocenters. The number of guanidine groups is 1. The molecule has 0 saturated carbocycles. The third-order valence-electron chi connectivity index (χ3n) is 5.54. The van der Waals surface area contributed by atoms with Gasteiger partial charge < -0.3 is 21.3 Å². The van der Waals surface area contributed by atoms with E-state index in [1.54, 1.807) is 6.20 Å². The molecule has 0 spiro atoms. The van der Waals surface area contributed by atoms with E-state index in [-0.39, 0.29) is 35.8 Å². The van der Waals surface area contributed by atoms with Crippen molar-refractivity contribution in [3.63, 3.8) is 0 Å². The zero-order valence-electron chi connectivity index (χ0n) is 19.6. The second kappa shape index (κ2) is 14.5. The molecule has 31 heavy (non-hydrogen) atoms. The van der Waals surface area contributed by atoms with E-state index in [4.69, 9.17) is 10.7 Å². The van der Waals surface area contributed by atoms with Gasteiger partial charge in [-0.1, -0.05) is 32.8 Å². The summed E-state index contributed by atoms with van der Waals surface area (Å²) in [6.07, 6.45) is 7.20. The van der Waals surface area contributed by atoms with Crippen molar-refractivity contribution in [1.29, 1.82) is 0 Å². The maximum absolute atomic E-state index is 11.7. The highest BCUT2D eigenvalue weighted by Gasteiger charge is 2.25. The van der Waals surface area contributed by atoms with Gasteiger partial charge >= 0.3 is 0 Å². The van der Waals surface area contributed by atoms with Gasteiger partial charge in [-0.15, -0.1) is 24.0 Å². The highest BCUT2D eigenvalue weighted by atomic mass is 127. The van der Waals surface area contributed by atoms with Crippen LogP contribution < -0.4 is 21.3 Å². The summed E-state index contributed by atoms with van der Waals surface area (Å²) in [5.74, 6) is 2.15. The zero-order valence-corrected chi connectivity index (χ0v) is 21.9. The van der Waals surface area contributed by atoms with Gasteiger partial charge in [0.1, 0.15) is 5.82 Å². The fourth-order valence-electron chi connectivity index (χ4n) is 3.86. The van der Waals surface area contributed by atoms with Gasteiger partial charge in [0.2, 0.25) is 5.91 Å². The van der Waals surface area contributed by atoms with Gasteiger partial charge in [-0.05, 0) is 45.1 Å². The smallest absolute Gasteiger partial charge is 0.222 e. The van der Waals surface area contributed by atoms with Crippen LogP contribution in [0, 0.1) is 11.8 Å². The van der Waals surface area contributed by atoms with E-state index in [1.165, 1.54) is 12.8 Å². The van der Waals surface area contributed by atoms with Crippen LogP contribution in [0.4, 0.5) is 5.82 Å². The molecule has 0 bridgehead atoms. The van der Waals surface area contributed by atoms with Crippen LogP contribution in [-0.4, -0.2) is 42.5 Å². The number of aliphatic imine (C=N–C) groups is 1. The van der Waals surface area contributed by atoms with E-state index in [0.717, 1.165) is 55.6 Å². The lowest BCUT2D eigenvalue weighted by Crippen LogP contribution is -2.42. The molecular formula is C23H41IN6O. The fourth-order valence-corrected chi connectivity index (χ4v) is 3.86. The van der Waals surface area contributed by atoms with Crippen LogP contribution in [-0.2, 0) is 11.3 Å². The number of rotatable bonds is 10. The number of amides is 1. The molecule has 0 aliphatic carbocycles. The molecule has 7 nitrogen and oxygen atoms in total. The van der Waals surface area contributed by atoms with Crippen LogP contribution in [0.1, 0.15) is 65.4 Å². The maximum atomic E-state index is 11.7. The molecule has 4 N–H and O–H groups in total. The number of aromatic nitrogens is 1. The Morgan fingerprint density at radius 2 is 2.13 bits per heavy atom. The van der Waals surface area contributed by atoms with E-state index in [9.17, 15) is 4.79 Å². The largest absolute Gasteiger partial charge is 0.369 e. The number of anilines is 1. The van der Waals surface area contributed by atoms with Crippen LogP contribution in [0.25, 0.3) is 0 Å². The molecule has 176 valence electrons. The van der Waals surface area contributed by atoms with Crippen LogP contribution in [0.2, 0.25) is 0 Å². The van der Waals surface area contributed by atoms with E-state index < -0.39 is 0 Å². The third kappa shape index (κ3) is 9.62. The zero-order chi connectivity index (χ0) is 21.9. The lowest BCUT2D eigenvalue weighted by molar-refractivity contribution is -0.122. The molecule has 0 aromatic carbocycles. The van der Waals surface area contributed by atoms with Crippen molar-refractivity contribution >= 4 is 41.7 Å². The number of piperidine rings is 1. The summed E-state index contributed by atoms with van der Waals surface area (Å²) in [6.45, 7) is 11.7. The van der Waals surface area contributed by atoms with Gasteiger partial charge in [-0.3, -0.25) is 4.79 Å². The minimum absolute atomic E-state index is 0. The average molecular weight is 545 g/mol. The number of carbonyl (C=O) groups is 1. The number of pyridine rings is 1. The monoisotopic (exact) mass is 544 g/mol. The summed E-state index contributed by atoms with van der Waals surface area (Å²) in [6, 6.07) is 4.38. The Labute approximate surface area is 205 Å². The number of hydrogen-bond acceptors (Lipinski definition) is 4. The molecule has 0 radical (unpaired) electrons. The molecule has 1 amide bonds. The standard InChI is InChI=1S/C23H40N6O.HI/c1-5-25-23(28-18(4)10-6-9-17(2)3)27-15-19-11-7-13-26-22(19)29-14-8-12-20(16-29)21(24)30;/h7,11,13,17-18,20H,5-6,8-10,12,14-16H2,1-4H3,(H2,24,30)(H2,25,27,28);1H. The van der Waals surface area contributed by atoms with Crippen LogP contribution in [0.3, 0.4) is 0 Å². The first-order valence-electron chi connectivity index (χ1n) is 11.4. The van der Waals surface area contributed by atoms with Gasteiger partial charge in [0.05, 0.1) is 12.5 Å². The lowest BCUT2D eigenvalue weighted by Gasteiger charge is -2.33.